The SMILES string of the molecule is CCCCCC(CCCCC)CCCOC(=O)CCCCCCCN1C[C@@H](OC(=O)CCN(C)C)C[C@H]1C. The normalized spacial score (nSPS) is 18.0. The number of unbranched alkanes of at least 4 members (excludes halogenated alkanes) is 8. The molecule has 0 N–H and O–H groups in total. The van der Waals surface area contributed by atoms with Gasteiger partial charge in [-0.15, -0.1) is 0 Å². The lowest BCUT2D eigenvalue weighted by molar-refractivity contribution is -0.148. The summed E-state index contributed by atoms with van der Waals surface area (Å²) in [7, 11) is 3.94. The molecule has 1 aliphatic rings. The number of rotatable bonds is 24. The summed E-state index contributed by atoms with van der Waals surface area (Å²) in [5.74, 6) is 0.713. The van der Waals surface area contributed by atoms with Crippen LogP contribution in [0.15, 0.2) is 0 Å². The van der Waals surface area contributed by atoms with Crippen molar-refractivity contribution >= 4 is 11.9 Å². The predicted octanol–water partition coefficient (Wildman–Crippen LogP) is 7.38. The Balaban J connectivity index is 2.04. The van der Waals surface area contributed by atoms with Crippen molar-refractivity contribution in [2.24, 2.45) is 5.92 Å². The summed E-state index contributed by atoms with van der Waals surface area (Å²) in [5.41, 5.74) is 0. The second kappa shape index (κ2) is 22.7. The van der Waals surface area contributed by atoms with Gasteiger partial charge in [-0.25, -0.2) is 0 Å². The van der Waals surface area contributed by atoms with Gasteiger partial charge >= 0.3 is 11.9 Å². The number of esters is 2. The average molecular weight is 539 g/mol. The topological polar surface area (TPSA) is 59.1 Å². The van der Waals surface area contributed by atoms with Gasteiger partial charge in [-0.2, -0.15) is 0 Å². The number of hydrogen-bond acceptors (Lipinski definition) is 6. The molecule has 0 unspecified atom stereocenters. The molecule has 0 spiro atoms. The van der Waals surface area contributed by atoms with Crippen LogP contribution in [0.1, 0.15) is 136 Å². The molecule has 1 fully saturated rings. The van der Waals surface area contributed by atoms with Gasteiger partial charge in [0.05, 0.1) is 13.0 Å². The van der Waals surface area contributed by atoms with Crippen LogP contribution in [0.2, 0.25) is 0 Å². The van der Waals surface area contributed by atoms with Gasteiger partial charge in [0.25, 0.3) is 0 Å². The summed E-state index contributed by atoms with van der Waals surface area (Å²) in [5, 5.41) is 0. The van der Waals surface area contributed by atoms with Crippen LogP contribution in [0.3, 0.4) is 0 Å². The van der Waals surface area contributed by atoms with E-state index in [-0.39, 0.29) is 18.0 Å². The van der Waals surface area contributed by atoms with E-state index in [2.05, 4.69) is 25.7 Å². The Morgan fingerprint density at radius 1 is 0.816 bits per heavy atom. The molecule has 2 atom stereocenters. The number of likely N-dealkylation sites (tertiary alicyclic amines) is 1. The number of hydrogen-bond donors (Lipinski definition) is 0. The Morgan fingerprint density at radius 2 is 1.45 bits per heavy atom. The second-order valence-electron chi connectivity index (χ2n) is 12.0. The second-order valence-corrected chi connectivity index (χ2v) is 12.0. The fourth-order valence-electron chi connectivity index (χ4n) is 5.55. The zero-order valence-corrected chi connectivity index (χ0v) is 25.8. The number of carbonyl (C=O) groups is 2. The van der Waals surface area contributed by atoms with Crippen molar-refractivity contribution in [1.29, 1.82) is 0 Å². The van der Waals surface area contributed by atoms with E-state index in [9.17, 15) is 9.59 Å². The third-order valence-corrected chi connectivity index (χ3v) is 8.00. The van der Waals surface area contributed by atoms with Crippen LogP contribution in [-0.2, 0) is 19.1 Å². The summed E-state index contributed by atoms with van der Waals surface area (Å²) in [6.45, 7) is 10.0. The average Bonchev–Trinajstić information content (AvgIpc) is 3.22. The maximum absolute atomic E-state index is 12.1. The molecule has 0 amide bonds. The minimum absolute atomic E-state index is 0.0180. The van der Waals surface area contributed by atoms with Crippen molar-refractivity contribution in [2.75, 3.05) is 40.3 Å². The maximum Gasteiger partial charge on any atom is 0.307 e. The minimum atomic E-state index is -0.0784. The van der Waals surface area contributed by atoms with Gasteiger partial charge in [-0.1, -0.05) is 84.5 Å². The first-order valence-corrected chi connectivity index (χ1v) is 16.1. The van der Waals surface area contributed by atoms with Gasteiger partial charge in [-0.3, -0.25) is 14.5 Å². The van der Waals surface area contributed by atoms with E-state index in [4.69, 9.17) is 9.47 Å². The zero-order chi connectivity index (χ0) is 28.0. The van der Waals surface area contributed by atoms with Crippen LogP contribution in [0, 0.1) is 5.92 Å². The summed E-state index contributed by atoms with van der Waals surface area (Å²) < 4.78 is 11.2. The Kier molecular flexibility index (Phi) is 20.8. The monoisotopic (exact) mass is 538 g/mol. The highest BCUT2D eigenvalue weighted by Crippen LogP contribution is 2.23. The van der Waals surface area contributed by atoms with E-state index in [1.807, 2.05) is 19.0 Å². The molecular formula is C32H62N2O4. The Bertz CT molecular complexity index is 588. The molecule has 38 heavy (non-hydrogen) atoms. The Hall–Kier alpha value is -1.14. The van der Waals surface area contributed by atoms with E-state index < -0.39 is 0 Å². The molecule has 0 bridgehead atoms. The van der Waals surface area contributed by atoms with Crippen molar-refractivity contribution in [3.63, 3.8) is 0 Å². The first kappa shape index (κ1) is 34.9. The summed E-state index contributed by atoms with van der Waals surface area (Å²) in [6.07, 6.45) is 20.4. The standard InChI is InChI=1S/C32H62N2O4/c1-6-8-13-18-29(19-14-9-7-2)20-17-25-37-31(35)21-15-11-10-12-16-23-34-27-30(26-28(34)3)38-32(36)22-24-33(4)5/h28-30H,6-27H2,1-5H3/t28-,30+/m1/s1. The molecule has 224 valence electrons. The molecule has 0 saturated carbocycles. The zero-order valence-electron chi connectivity index (χ0n) is 25.8. The highest BCUT2D eigenvalue weighted by atomic mass is 16.5. The highest BCUT2D eigenvalue weighted by molar-refractivity contribution is 5.70. The van der Waals surface area contributed by atoms with Gasteiger partial charge in [0, 0.05) is 32.0 Å². The highest BCUT2D eigenvalue weighted by Gasteiger charge is 2.30. The van der Waals surface area contributed by atoms with Crippen LogP contribution < -0.4 is 0 Å². The lowest BCUT2D eigenvalue weighted by Gasteiger charge is -2.20. The molecule has 6 nitrogen and oxygen atoms in total. The van der Waals surface area contributed by atoms with Crippen LogP contribution in [0.5, 0.6) is 0 Å². The van der Waals surface area contributed by atoms with Gasteiger partial charge in [-0.05, 0) is 59.2 Å². The Morgan fingerprint density at radius 3 is 2.11 bits per heavy atom. The van der Waals surface area contributed by atoms with Gasteiger partial charge < -0.3 is 14.4 Å². The molecule has 0 aliphatic carbocycles. The van der Waals surface area contributed by atoms with Crippen LogP contribution in [0.25, 0.3) is 0 Å². The minimum Gasteiger partial charge on any atom is -0.466 e. The van der Waals surface area contributed by atoms with Crippen molar-refractivity contribution in [2.45, 2.75) is 148 Å². The van der Waals surface area contributed by atoms with E-state index in [1.165, 1.54) is 64.2 Å². The van der Waals surface area contributed by atoms with E-state index in [0.29, 0.717) is 25.5 Å². The first-order valence-electron chi connectivity index (χ1n) is 16.1. The molecule has 0 aromatic heterocycles. The van der Waals surface area contributed by atoms with Gasteiger partial charge in [0.15, 0.2) is 0 Å². The smallest absolute Gasteiger partial charge is 0.307 e. The molecule has 1 rings (SSSR count). The molecule has 1 saturated heterocycles. The molecule has 0 aromatic carbocycles. The molecule has 0 radical (unpaired) electrons. The lowest BCUT2D eigenvalue weighted by atomic mass is 9.91. The third kappa shape index (κ3) is 18.2. The summed E-state index contributed by atoms with van der Waals surface area (Å²) in [4.78, 5) is 28.6. The first-order chi connectivity index (χ1) is 18.3. The van der Waals surface area contributed by atoms with E-state index >= 15 is 0 Å². The third-order valence-electron chi connectivity index (χ3n) is 8.00. The lowest BCUT2D eigenvalue weighted by Crippen LogP contribution is -2.29. The van der Waals surface area contributed by atoms with Crippen molar-refractivity contribution in [3.8, 4) is 0 Å². The predicted molar refractivity (Wildman–Crippen MR) is 158 cm³/mol. The van der Waals surface area contributed by atoms with Crippen molar-refractivity contribution in [1.82, 2.24) is 9.80 Å². The van der Waals surface area contributed by atoms with E-state index in [0.717, 1.165) is 64.1 Å². The van der Waals surface area contributed by atoms with Crippen LogP contribution in [0.4, 0.5) is 0 Å². The number of ether oxygens (including phenoxy) is 2. The van der Waals surface area contributed by atoms with Gasteiger partial charge in [0.1, 0.15) is 6.10 Å². The molecule has 6 heteroatoms. The fraction of sp³-hybridized carbons (Fsp3) is 0.938. The van der Waals surface area contributed by atoms with Gasteiger partial charge in [0.2, 0.25) is 0 Å². The summed E-state index contributed by atoms with van der Waals surface area (Å²) in [6, 6.07) is 0.472. The summed E-state index contributed by atoms with van der Waals surface area (Å²) >= 11 is 0. The number of nitrogens with zero attached hydrogens (tertiary/aromatic N) is 2. The molecule has 1 aliphatic heterocycles. The van der Waals surface area contributed by atoms with E-state index in [1.54, 1.807) is 0 Å². The number of carbonyl (C=O) groups excluding carboxylic acids is 2. The van der Waals surface area contributed by atoms with Crippen LogP contribution >= 0.6 is 0 Å². The Labute approximate surface area is 235 Å². The quantitative estimate of drug-likeness (QED) is 0.0943. The molecule has 0 aromatic rings. The van der Waals surface area contributed by atoms with Crippen LogP contribution in [-0.4, -0.2) is 74.2 Å². The fourth-order valence-corrected chi connectivity index (χ4v) is 5.55. The van der Waals surface area contributed by atoms with Crippen molar-refractivity contribution in [3.05, 3.63) is 0 Å². The molecular weight excluding hydrogens is 476 g/mol. The maximum atomic E-state index is 12.1. The largest absolute Gasteiger partial charge is 0.466 e. The van der Waals surface area contributed by atoms with Crippen molar-refractivity contribution < 1.29 is 19.1 Å². The molecule has 1 heterocycles.